The topological polar surface area (TPSA) is 107 Å². The van der Waals surface area contributed by atoms with Gasteiger partial charge in [0.15, 0.2) is 0 Å². The predicted octanol–water partition coefficient (Wildman–Crippen LogP) is 4.27. The molecule has 0 aliphatic heterocycles. The molecular formula is C18H15N5O3S. The number of aromatic nitrogens is 4. The molecule has 8 nitrogen and oxygen atoms in total. The molecule has 0 atom stereocenters. The molecule has 1 N–H and O–H groups in total. The van der Waals surface area contributed by atoms with Gasteiger partial charge in [0, 0.05) is 27.8 Å². The number of aromatic amines is 1. The first-order chi connectivity index (χ1) is 13.0. The van der Waals surface area contributed by atoms with E-state index in [2.05, 4.69) is 20.2 Å². The number of nitro benzene ring substituents is 1. The smallest absolute Gasteiger partial charge is 0.271 e. The number of hydrogen-bond donors (Lipinski definition) is 1. The molecule has 0 amide bonds. The maximum absolute atomic E-state index is 11.1. The molecule has 0 aliphatic carbocycles. The molecule has 2 aromatic heterocycles. The molecule has 9 heteroatoms. The predicted molar refractivity (Wildman–Crippen MR) is 102 cm³/mol. The molecule has 0 fully saturated rings. The van der Waals surface area contributed by atoms with Gasteiger partial charge in [-0.1, -0.05) is 0 Å². The molecule has 0 saturated carbocycles. The number of nitrogens with zero attached hydrogens (tertiary/aromatic N) is 4. The SMILES string of the molecule is CCOc1ccc2nc3cc([N+](=O)[O-])ccc3c(Sc3n[nH]c(C)n3)c2c1. The zero-order chi connectivity index (χ0) is 19.0. The second kappa shape index (κ2) is 6.84. The van der Waals surface area contributed by atoms with Crippen molar-refractivity contribution in [2.75, 3.05) is 6.61 Å². The average molecular weight is 381 g/mol. The van der Waals surface area contributed by atoms with E-state index < -0.39 is 4.92 Å². The van der Waals surface area contributed by atoms with Crippen LogP contribution < -0.4 is 4.74 Å². The molecule has 2 heterocycles. The van der Waals surface area contributed by atoms with Crippen molar-refractivity contribution in [2.24, 2.45) is 0 Å². The van der Waals surface area contributed by atoms with E-state index in [1.54, 1.807) is 6.07 Å². The van der Waals surface area contributed by atoms with Crippen LogP contribution in [0.1, 0.15) is 12.7 Å². The molecule has 0 spiro atoms. The summed E-state index contributed by atoms with van der Waals surface area (Å²) < 4.78 is 5.62. The average Bonchev–Trinajstić information content (AvgIpc) is 3.06. The maximum Gasteiger partial charge on any atom is 0.271 e. The summed E-state index contributed by atoms with van der Waals surface area (Å²) in [6.45, 7) is 4.31. The third-order valence-electron chi connectivity index (χ3n) is 3.97. The van der Waals surface area contributed by atoms with Crippen LogP contribution in [-0.4, -0.2) is 31.7 Å². The molecule has 136 valence electrons. The molecule has 0 radical (unpaired) electrons. The van der Waals surface area contributed by atoms with Crippen LogP contribution in [0.3, 0.4) is 0 Å². The van der Waals surface area contributed by atoms with Gasteiger partial charge in [0.1, 0.15) is 11.6 Å². The van der Waals surface area contributed by atoms with E-state index >= 15 is 0 Å². The van der Waals surface area contributed by atoms with E-state index in [-0.39, 0.29) is 5.69 Å². The molecule has 27 heavy (non-hydrogen) atoms. The molecule has 0 saturated heterocycles. The minimum absolute atomic E-state index is 0.00461. The number of hydrogen-bond acceptors (Lipinski definition) is 7. The van der Waals surface area contributed by atoms with Crippen molar-refractivity contribution < 1.29 is 9.66 Å². The highest BCUT2D eigenvalue weighted by Crippen LogP contribution is 2.39. The van der Waals surface area contributed by atoms with Gasteiger partial charge < -0.3 is 4.74 Å². The van der Waals surface area contributed by atoms with Crippen molar-refractivity contribution in [3.63, 3.8) is 0 Å². The van der Waals surface area contributed by atoms with Crippen molar-refractivity contribution in [3.05, 3.63) is 52.3 Å². The summed E-state index contributed by atoms with van der Waals surface area (Å²) in [6.07, 6.45) is 0. The Morgan fingerprint density at radius 2 is 2.00 bits per heavy atom. The van der Waals surface area contributed by atoms with Crippen LogP contribution >= 0.6 is 11.8 Å². The quantitative estimate of drug-likeness (QED) is 0.312. The zero-order valence-corrected chi connectivity index (χ0v) is 15.4. The normalized spacial score (nSPS) is 11.2. The molecule has 4 rings (SSSR count). The Morgan fingerprint density at radius 3 is 2.70 bits per heavy atom. The van der Waals surface area contributed by atoms with E-state index in [1.165, 1.54) is 23.9 Å². The lowest BCUT2D eigenvalue weighted by atomic mass is 10.1. The fourth-order valence-corrected chi connectivity index (χ4v) is 3.83. The molecule has 4 aromatic rings. The zero-order valence-electron chi connectivity index (χ0n) is 14.6. The number of aryl methyl sites for hydroxylation is 1. The first-order valence-electron chi connectivity index (χ1n) is 8.26. The van der Waals surface area contributed by atoms with Gasteiger partial charge in [0.2, 0.25) is 5.16 Å². The highest BCUT2D eigenvalue weighted by atomic mass is 32.2. The molecule has 2 aromatic carbocycles. The van der Waals surface area contributed by atoms with Gasteiger partial charge in [-0.3, -0.25) is 15.2 Å². The fourth-order valence-electron chi connectivity index (χ4n) is 2.81. The van der Waals surface area contributed by atoms with Crippen molar-refractivity contribution in [1.82, 2.24) is 20.2 Å². The third-order valence-corrected chi connectivity index (χ3v) is 4.98. The summed E-state index contributed by atoms with van der Waals surface area (Å²) >= 11 is 1.39. The summed E-state index contributed by atoms with van der Waals surface area (Å²) in [5.41, 5.74) is 1.28. The van der Waals surface area contributed by atoms with Crippen molar-refractivity contribution in [3.8, 4) is 5.75 Å². The van der Waals surface area contributed by atoms with Crippen LogP contribution in [0.2, 0.25) is 0 Å². The van der Waals surface area contributed by atoms with E-state index in [4.69, 9.17) is 4.74 Å². The monoisotopic (exact) mass is 381 g/mol. The number of pyridine rings is 1. The Balaban J connectivity index is 1.98. The lowest BCUT2D eigenvalue weighted by Crippen LogP contribution is -1.94. The Hall–Kier alpha value is -3.20. The molecule has 0 aliphatic rings. The van der Waals surface area contributed by atoms with Gasteiger partial charge in [0.05, 0.1) is 22.6 Å². The van der Waals surface area contributed by atoms with E-state index in [9.17, 15) is 10.1 Å². The highest BCUT2D eigenvalue weighted by molar-refractivity contribution is 7.99. The van der Waals surface area contributed by atoms with Crippen LogP contribution in [0.25, 0.3) is 21.8 Å². The van der Waals surface area contributed by atoms with E-state index in [0.29, 0.717) is 23.1 Å². The minimum Gasteiger partial charge on any atom is -0.494 e. The first-order valence-corrected chi connectivity index (χ1v) is 9.08. The van der Waals surface area contributed by atoms with E-state index in [1.807, 2.05) is 32.0 Å². The Bertz CT molecular complexity index is 1170. The number of fused-ring (bicyclic) bond motifs is 2. The number of non-ortho nitro benzene ring substituents is 1. The van der Waals surface area contributed by atoms with Crippen LogP contribution in [0, 0.1) is 17.0 Å². The Labute approximate surface area is 158 Å². The lowest BCUT2D eigenvalue weighted by Gasteiger charge is -2.11. The number of rotatable bonds is 5. The van der Waals surface area contributed by atoms with Crippen LogP contribution in [0.4, 0.5) is 5.69 Å². The van der Waals surface area contributed by atoms with Gasteiger partial charge in [-0.05, 0) is 49.9 Å². The Morgan fingerprint density at radius 1 is 1.15 bits per heavy atom. The maximum atomic E-state index is 11.1. The highest BCUT2D eigenvalue weighted by Gasteiger charge is 2.16. The van der Waals surface area contributed by atoms with Gasteiger partial charge in [0.25, 0.3) is 5.69 Å². The van der Waals surface area contributed by atoms with Gasteiger partial charge >= 0.3 is 0 Å². The second-order valence-corrected chi connectivity index (χ2v) is 6.79. The van der Waals surface area contributed by atoms with Crippen LogP contribution in [0.5, 0.6) is 5.75 Å². The fraction of sp³-hybridized carbons (Fsp3) is 0.167. The third kappa shape index (κ3) is 3.28. The van der Waals surface area contributed by atoms with Crippen LogP contribution in [-0.2, 0) is 0 Å². The van der Waals surface area contributed by atoms with Crippen molar-refractivity contribution >= 4 is 39.3 Å². The molecular weight excluding hydrogens is 366 g/mol. The first kappa shape index (κ1) is 17.2. The van der Waals surface area contributed by atoms with Crippen molar-refractivity contribution in [2.45, 2.75) is 23.9 Å². The summed E-state index contributed by atoms with van der Waals surface area (Å²) in [4.78, 5) is 20.6. The number of H-pyrrole nitrogens is 1. The number of benzene rings is 2. The van der Waals surface area contributed by atoms with Gasteiger partial charge in [-0.15, -0.1) is 5.10 Å². The van der Waals surface area contributed by atoms with Crippen LogP contribution in [0.15, 0.2) is 46.5 Å². The van der Waals surface area contributed by atoms with E-state index in [0.717, 1.165) is 26.9 Å². The number of ether oxygens (including phenoxy) is 1. The summed E-state index contributed by atoms with van der Waals surface area (Å²) in [5, 5.41) is 20.4. The Kier molecular flexibility index (Phi) is 4.36. The minimum atomic E-state index is -0.422. The largest absolute Gasteiger partial charge is 0.494 e. The molecule has 0 bridgehead atoms. The number of nitrogens with one attached hydrogen (secondary N) is 1. The molecule has 0 unspecified atom stereocenters. The van der Waals surface area contributed by atoms with Gasteiger partial charge in [-0.25, -0.2) is 9.97 Å². The second-order valence-electron chi connectivity index (χ2n) is 5.82. The lowest BCUT2D eigenvalue weighted by molar-refractivity contribution is -0.384. The number of nitro groups is 1. The standard InChI is InChI=1S/C18H15N5O3S/c1-3-26-12-5-7-15-14(9-12)17(27-18-19-10(2)21-22-18)13-6-4-11(23(24)25)8-16(13)20-15/h4-9H,3H2,1-2H3,(H,19,21,22). The summed E-state index contributed by atoms with van der Waals surface area (Å²) in [7, 11) is 0. The summed E-state index contributed by atoms with van der Waals surface area (Å²) in [6, 6.07) is 10.3. The van der Waals surface area contributed by atoms with Crippen molar-refractivity contribution in [1.29, 1.82) is 0 Å². The summed E-state index contributed by atoms with van der Waals surface area (Å²) in [5.74, 6) is 1.45. The van der Waals surface area contributed by atoms with Gasteiger partial charge in [-0.2, -0.15) is 0 Å².